The van der Waals surface area contributed by atoms with Crippen LogP contribution in [0.2, 0.25) is 5.02 Å². The summed E-state index contributed by atoms with van der Waals surface area (Å²) in [5.74, 6) is -0.513. The van der Waals surface area contributed by atoms with Crippen molar-refractivity contribution >= 4 is 29.2 Å². The second-order valence-electron chi connectivity index (χ2n) is 5.78. The van der Waals surface area contributed by atoms with E-state index in [0.29, 0.717) is 22.9 Å². The zero-order valence-corrected chi connectivity index (χ0v) is 14.1. The van der Waals surface area contributed by atoms with Gasteiger partial charge in [-0.2, -0.15) is 5.10 Å². The van der Waals surface area contributed by atoms with Gasteiger partial charge in [-0.05, 0) is 36.2 Å². The summed E-state index contributed by atoms with van der Waals surface area (Å²) in [6, 6.07) is 10.6. The minimum Gasteiger partial charge on any atom is -0.481 e. The lowest BCUT2D eigenvalue weighted by Gasteiger charge is -2.22. The third-order valence-corrected chi connectivity index (χ3v) is 4.22. The van der Waals surface area contributed by atoms with Gasteiger partial charge in [-0.1, -0.05) is 23.7 Å². The maximum absolute atomic E-state index is 12.6. The molecule has 130 valence electrons. The number of hydrogen-bond acceptors (Lipinski definition) is 4. The van der Waals surface area contributed by atoms with Crippen LogP contribution in [0.4, 0.5) is 0 Å². The molecule has 6 nitrogen and oxygen atoms in total. The Morgan fingerprint density at radius 3 is 2.80 bits per heavy atom. The smallest absolute Gasteiger partial charge is 0.303 e. The number of carbonyl (C=O) groups is 2. The summed E-state index contributed by atoms with van der Waals surface area (Å²) in [6.45, 7) is 0. The Balaban J connectivity index is 1.83. The van der Waals surface area contributed by atoms with E-state index in [0.717, 1.165) is 5.56 Å². The van der Waals surface area contributed by atoms with Gasteiger partial charge in [0.05, 0.1) is 12.3 Å². The van der Waals surface area contributed by atoms with Crippen LogP contribution in [0.1, 0.15) is 43.0 Å². The lowest BCUT2D eigenvalue weighted by atomic mass is 10.0. The molecule has 1 aromatic carbocycles. The SMILES string of the molecule is O=C(O)CCCC(=O)N1N=C(c2ccco2)CC1c1cccc(Cl)c1. The molecule has 1 amide bonds. The molecule has 0 spiro atoms. The van der Waals surface area contributed by atoms with Gasteiger partial charge in [0.1, 0.15) is 11.5 Å². The molecule has 1 aliphatic heterocycles. The van der Waals surface area contributed by atoms with Gasteiger partial charge in [-0.15, -0.1) is 0 Å². The first-order valence-electron chi connectivity index (χ1n) is 7.95. The molecule has 0 radical (unpaired) electrons. The summed E-state index contributed by atoms with van der Waals surface area (Å²) in [6.07, 6.45) is 2.43. The number of halogens is 1. The van der Waals surface area contributed by atoms with Crippen molar-refractivity contribution in [3.8, 4) is 0 Å². The van der Waals surface area contributed by atoms with E-state index in [2.05, 4.69) is 5.10 Å². The molecule has 7 heteroatoms. The molecule has 1 atom stereocenters. The molecule has 1 aliphatic rings. The Hall–Kier alpha value is -2.60. The van der Waals surface area contributed by atoms with E-state index < -0.39 is 5.97 Å². The predicted octanol–water partition coefficient (Wildman–Crippen LogP) is 3.87. The summed E-state index contributed by atoms with van der Waals surface area (Å²) in [4.78, 5) is 23.2. The Morgan fingerprint density at radius 1 is 1.28 bits per heavy atom. The fraction of sp³-hybridized carbons (Fsp3) is 0.278. The molecule has 0 saturated carbocycles. The summed E-state index contributed by atoms with van der Waals surface area (Å²) in [5, 5.41) is 15.2. The molecule has 0 fully saturated rings. The summed E-state index contributed by atoms with van der Waals surface area (Å²) >= 11 is 6.08. The number of hydrazone groups is 1. The number of carboxylic acids is 1. The number of furan rings is 1. The molecule has 25 heavy (non-hydrogen) atoms. The van der Waals surface area contributed by atoms with Gasteiger partial charge in [-0.25, -0.2) is 5.01 Å². The highest BCUT2D eigenvalue weighted by molar-refractivity contribution is 6.30. The van der Waals surface area contributed by atoms with Crippen molar-refractivity contribution in [2.45, 2.75) is 31.7 Å². The second-order valence-corrected chi connectivity index (χ2v) is 6.22. The number of aliphatic carboxylic acids is 1. The molecular formula is C18H17ClN2O4. The molecule has 2 aromatic rings. The molecule has 2 heterocycles. The molecule has 0 saturated heterocycles. The highest BCUT2D eigenvalue weighted by Gasteiger charge is 2.33. The van der Waals surface area contributed by atoms with Crippen molar-refractivity contribution in [2.24, 2.45) is 5.10 Å². The third kappa shape index (κ3) is 4.09. The summed E-state index contributed by atoms with van der Waals surface area (Å²) in [7, 11) is 0. The molecule has 0 bridgehead atoms. The Labute approximate surface area is 149 Å². The second kappa shape index (κ2) is 7.53. The van der Waals surface area contributed by atoms with E-state index >= 15 is 0 Å². The minimum atomic E-state index is -0.916. The highest BCUT2D eigenvalue weighted by atomic mass is 35.5. The van der Waals surface area contributed by atoms with Crippen LogP contribution in [0.25, 0.3) is 0 Å². The van der Waals surface area contributed by atoms with Gasteiger partial charge < -0.3 is 9.52 Å². The molecule has 0 aliphatic carbocycles. The average molecular weight is 361 g/mol. The normalized spacial score (nSPS) is 16.8. The average Bonchev–Trinajstić information content (AvgIpc) is 3.24. The van der Waals surface area contributed by atoms with Gasteiger partial charge >= 0.3 is 5.97 Å². The van der Waals surface area contributed by atoms with Crippen LogP contribution in [0.5, 0.6) is 0 Å². The van der Waals surface area contributed by atoms with Gasteiger partial charge in [0, 0.05) is 24.3 Å². The van der Waals surface area contributed by atoms with E-state index in [4.69, 9.17) is 21.1 Å². The molecule has 1 unspecified atom stereocenters. The van der Waals surface area contributed by atoms with Gasteiger partial charge in [0.25, 0.3) is 0 Å². The van der Waals surface area contributed by atoms with Crippen LogP contribution < -0.4 is 0 Å². The van der Waals surface area contributed by atoms with Crippen molar-refractivity contribution in [3.05, 3.63) is 59.0 Å². The first kappa shape index (κ1) is 17.2. The first-order chi connectivity index (χ1) is 12.0. The summed E-state index contributed by atoms with van der Waals surface area (Å²) < 4.78 is 5.39. The molecular weight excluding hydrogens is 344 g/mol. The van der Waals surface area contributed by atoms with Crippen LogP contribution in [0.3, 0.4) is 0 Å². The zero-order chi connectivity index (χ0) is 17.8. The third-order valence-electron chi connectivity index (χ3n) is 3.99. The van der Waals surface area contributed by atoms with Gasteiger partial charge in [-0.3, -0.25) is 9.59 Å². The standard InChI is InChI=1S/C18H17ClN2O4/c19-13-5-1-4-12(10-13)15-11-14(16-6-3-9-25-16)20-21(15)17(22)7-2-8-18(23)24/h1,3-6,9-10,15H,2,7-8,11H2,(H,23,24). The van der Waals surface area contributed by atoms with Crippen LogP contribution in [0.15, 0.2) is 52.2 Å². The maximum atomic E-state index is 12.6. The van der Waals surface area contributed by atoms with Gasteiger partial charge in [0.2, 0.25) is 5.91 Å². The molecule has 1 aromatic heterocycles. The van der Waals surface area contributed by atoms with E-state index in [-0.39, 0.29) is 31.2 Å². The Kier molecular flexibility index (Phi) is 5.19. The van der Waals surface area contributed by atoms with E-state index in [1.54, 1.807) is 24.5 Å². The highest BCUT2D eigenvalue weighted by Crippen LogP contribution is 2.34. The Bertz CT molecular complexity index is 801. The molecule has 1 N–H and O–H groups in total. The maximum Gasteiger partial charge on any atom is 0.303 e. The van der Waals surface area contributed by atoms with Crippen molar-refractivity contribution in [3.63, 3.8) is 0 Å². The number of rotatable bonds is 6. The first-order valence-corrected chi connectivity index (χ1v) is 8.33. The zero-order valence-electron chi connectivity index (χ0n) is 13.4. The van der Waals surface area contributed by atoms with E-state index in [1.165, 1.54) is 5.01 Å². The quantitative estimate of drug-likeness (QED) is 0.847. The number of carbonyl (C=O) groups excluding carboxylic acids is 1. The number of carboxylic acid groups (broad SMARTS) is 1. The Morgan fingerprint density at radius 2 is 2.12 bits per heavy atom. The molecule has 3 rings (SSSR count). The number of hydrogen-bond donors (Lipinski definition) is 1. The number of amides is 1. The largest absolute Gasteiger partial charge is 0.481 e. The van der Waals surface area contributed by atoms with Crippen molar-refractivity contribution in [2.75, 3.05) is 0 Å². The van der Waals surface area contributed by atoms with Crippen molar-refractivity contribution in [1.82, 2.24) is 5.01 Å². The summed E-state index contributed by atoms with van der Waals surface area (Å²) in [5.41, 5.74) is 1.56. The fourth-order valence-electron chi connectivity index (χ4n) is 2.81. The lowest BCUT2D eigenvalue weighted by Crippen LogP contribution is -2.27. The van der Waals surface area contributed by atoms with Crippen LogP contribution in [0, 0.1) is 0 Å². The topological polar surface area (TPSA) is 83.1 Å². The van der Waals surface area contributed by atoms with E-state index in [1.807, 2.05) is 18.2 Å². The van der Waals surface area contributed by atoms with Gasteiger partial charge in [0.15, 0.2) is 0 Å². The van der Waals surface area contributed by atoms with E-state index in [9.17, 15) is 9.59 Å². The van der Waals surface area contributed by atoms with Crippen molar-refractivity contribution in [1.29, 1.82) is 0 Å². The minimum absolute atomic E-state index is 0.0455. The monoisotopic (exact) mass is 360 g/mol. The van der Waals surface area contributed by atoms with Crippen LogP contribution >= 0.6 is 11.6 Å². The fourth-order valence-corrected chi connectivity index (χ4v) is 3.01. The predicted molar refractivity (Wildman–Crippen MR) is 92.4 cm³/mol. The lowest BCUT2D eigenvalue weighted by molar-refractivity contribution is -0.137. The van der Waals surface area contributed by atoms with Crippen molar-refractivity contribution < 1.29 is 19.1 Å². The number of nitrogens with zero attached hydrogens (tertiary/aromatic N) is 2. The van der Waals surface area contributed by atoms with Crippen LogP contribution in [-0.4, -0.2) is 27.7 Å². The van der Waals surface area contributed by atoms with Crippen LogP contribution in [-0.2, 0) is 9.59 Å². The number of benzene rings is 1.